The van der Waals surface area contributed by atoms with Crippen LogP contribution >= 0.6 is 0 Å². The topological polar surface area (TPSA) is 35.5 Å². The molecule has 0 N–H and O–H groups in total. The zero-order valence-corrected chi connectivity index (χ0v) is 15.9. The summed E-state index contributed by atoms with van der Waals surface area (Å²) in [4.78, 5) is 11.1. The van der Waals surface area contributed by atoms with Crippen LogP contribution in [0.1, 0.15) is 52.7 Å². The molecule has 0 fully saturated rings. The minimum atomic E-state index is -0.514. The lowest BCUT2D eigenvalue weighted by Gasteiger charge is -2.28. The van der Waals surface area contributed by atoms with E-state index in [0.717, 1.165) is 28.9 Å². The van der Waals surface area contributed by atoms with Gasteiger partial charge in [-0.1, -0.05) is 26.0 Å². The van der Waals surface area contributed by atoms with Gasteiger partial charge in [-0.2, -0.15) is 0 Å². The SMILES string of the molecule is C/C=C/COc1cc(C)c(OC(C)C(C)(C)C=O)c(C)c1.CC. The maximum Gasteiger partial charge on any atom is 0.129 e. The Morgan fingerprint density at radius 3 is 2.13 bits per heavy atom. The molecule has 0 aromatic heterocycles. The van der Waals surface area contributed by atoms with E-state index >= 15 is 0 Å². The highest BCUT2D eigenvalue weighted by Gasteiger charge is 2.27. The van der Waals surface area contributed by atoms with Crippen LogP contribution in [0.15, 0.2) is 24.3 Å². The largest absolute Gasteiger partial charge is 0.490 e. The van der Waals surface area contributed by atoms with Gasteiger partial charge < -0.3 is 14.3 Å². The summed E-state index contributed by atoms with van der Waals surface area (Å²) in [6.45, 7) is 16.2. The van der Waals surface area contributed by atoms with Crippen LogP contribution in [0.2, 0.25) is 0 Å². The van der Waals surface area contributed by atoms with Crippen LogP contribution in [0.5, 0.6) is 11.5 Å². The van der Waals surface area contributed by atoms with Crippen molar-refractivity contribution in [2.24, 2.45) is 5.41 Å². The quantitative estimate of drug-likeness (QED) is 0.506. The number of ether oxygens (including phenoxy) is 2. The number of benzene rings is 1. The van der Waals surface area contributed by atoms with Gasteiger partial charge in [0, 0.05) is 0 Å². The highest BCUT2D eigenvalue weighted by molar-refractivity contribution is 5.59. The Balaban J connectivity index is 0.00000232. The fourth-order valence-corrected chi connectivity index (χ4v) is 1.84. The van der Waals surface area contributed by atoms with E-state index in [9.17, 15) is 4.79 Å². The lowest BCUT2D eigenvalue weighted by atomic mass is 9.89. The van der Waals surface area contributed by atoms with Crippen molar-refractivity contribution in [3.63, 3.8) is 0 Å². The number of aldehydes is 1. The number of rotatable bonds is 7. The second-order valence-corrected chi connectivity index (χ2v) is 5.97. The fraction of sp³-hybridized carbons (Fsp3) is 0.550. The summed E-state index contributed by atoms with van der Waals surface area (Å²) >= 11 is 0. The van der Waals surface area contributed by atoms with Gasteiger partial charge in [-0.15, -0.1) is 0 Å². The second kappa shape index (κ2) is 10.1. The Kier molecular flexibility index (Phi) is 9.31. The second-order valence-electron chi connectivity index (χ2n) is 5.97. The van der Waals surface area contributed by atoms with Crippen molar-refractivity contribution in [1.82, 2.24) is 0 Å². The van der Waals surface area contributed by atoms with Gasteiger partial charge in [0.1, 0.15) is 30.5 Å². The number of carbonyl (C=O) groups excluding carboxylic acids is 1. The Morgan fingerprint density at radius 1 is 1.17 bits per heavy atom. The Morgan fingerprint density at radius 2 is 1.70 bits per heavy atom. The number of carbonyl (C=O) groups is 1. The first kappa shape index (κ1) is 21.2. The van der Waals surface area contributed by atoms with Crippen LogP contribution in [-0.2, 0) is 4.79 Å². The first-order valence-corrected chi connectivity index (χ1v) is 8.30. The molecule has 0 aliphatic carbocycles. The van der Waals surface area contributed by atoms with Gasteiger partial charge in [0.15, 0.2) is 0 Å². The minimum Gasteiger partial charge on any atom is -0.490 e. The van der Waals surface area contributed by atoms with Crippen molar-refractivity contribution in [1.29, 1.82) is 0 Å². The van der Waals surface area contributed by atoms with Crippen LogP contribution < -0.4 is 9.47 Å². The fourth-order valence-electron chi connectivity index (χ4n) is 1.84. The van der Waals surface area contributed by atoms with Gasteiger partial charge in [0.2, 0.25) is 0 Å². The third kappa shape index (κ3) is 6.47. The molecule has 0 amide bonds. The summed E-state index contributed by atoms with van der Waals surface area (Å²) in [5.74, 6) is 1.66. The van der Waals surface area contributed by atoms with E-state index in [4.69, 9.17) is 9.47 Å². The van der Waals surface area contributed by atoms with E-state index < -0.39 is 5.41 Å². The van der Waals surface area contributed by atoms with Crippen molar-refractivity contribution in [2.45, 2.75) is 61.5 Å². The van der Waals surface area contributed by atoms with Crippen LogP contribution in [-0.4, -0.2) is 19.0 Å². The smallest absolute Gasteiger partial charge is 0.129 e. The zero-order chi connectivity index (χ0) is 18.0. The molecule has 0 bridgehead atoms. The average Bonchev–Trinajstić information content (AvgIpc) is 2.52. The summed E-state index contributed by atoms with van der Waals surface area (Å²) in [5, 5.41) is 0. The first-order valence-electron chi connectivity index (χ1n) is 8.30. The molecule has 1 aromatic rings. The number of hydrogen-bond acceptors (Lipinski definition) is 3. The van der Waals surface area contributed by atoms with Crippen LogP contribution in [0.3, 0.4) is 0 Å². The van der Waals surface area contributed by atoms with Crippen molar-refractivity contribution < 1.29 is 14.3 Å². The monoisotopic (exact) mass is 320 g/mol. The van der Waals surface area contributed by atoms with Crippen molar-refractivity contribution in [3.8, 4) is 11.5 Å². The molecule has 0 saturated carbocycles. The molecular weight excluding hydrogens is 288 g/mol. The third-order valence-corrected chi connectivity index (χ3v) is 3.66. The van der Waals surface area contributed by atoms with Gasteiger partial charge >= 0.3 is 0 Å². The van der Waals surface area contributed by atoms with Crippen molar-refractivity contribution >= 4 is 6.29 Å². The molecule has 1 rings (SSSR count). The molecule has 0 aliphatic heterocycles. The summed E-state index contributed by atoms with van der Waals surface area (Å²) in [6.07, 6.45) is 4.67. The van der Waals surface area contributed by atoms with Gasteiger partial charge in [-0.25, -0.2) is 0 Å². The molecule has 0 spiro atoms. The number of hydrogen-bond donors (Lipinski definition) is 0. The highest BCUT2D eigenvalue weighted by atomic mass is 16.5. The van der Waals surface area contributed by atoms with E-state index in [1.54, 1.807) is 0 Å². The normalized spacial score (nSPS) is 12.3. The lowest BCUT2D eigenvalue weighted by molar-refractivity contribution is -0.118. The van der Waals surface area contributed by atoms with E-state index in [1.165, 1.54) is 0 Å². The maximum atomic E-state index is 11.1. The summed E-state index contributed by atoms with van der Waals surface area (Å²) < 4.78 is 11.7. The predicted molar refractivity (Wildman–Crippen MR) is 97.5 cm³/mol. The summed E-state index contributed by atoms with van der Waals surface area (Å²) in [6, 6.07) is 3.93. The molecule has 0 aliphatic rings. The molecule has 1 atom stereocenters. The standard InChI is InChI=1S/C18H26O3.C2H6/c1-7-8-9-20-16-10-13(2)17(14(3)11-16)21-15(4)18(5,6)12-19;1-2/h7-8,10-12,15H,9H2,1-6H3;1-2H3/b8-7+;. The van der Waals surface area contributed by atoms with Crippen LogP contribution in [0.4, 0.5) is 0 Å². The summed E-state index contributed by atoms with van der Waals surface area (Å²) in [5.41, 5.74) is 1.51. The van der Waals surface area contributed by atoms with Crippen molar-refractivity contribution in [3.05, 3.63) is 35.4 Å². The minimum absolute atomic E-state index is 0.192. The highest BCUT2D eigenvalue weighted by Crippen LogP contribution is 2.32. The molecule has 3 heteroatoms. The lowest BCUT2D eigenvalue weighted by Crippen LogP contribution is -2.33. The Labute approximate surface area is 141 Å². The molecule has 0 saturated heterocycles. The molecule has 0 heterocycles. The maximum absolute atomic E-state index is 11.1. The summed E-state index contributed by atoms with van der Waals surface area (Å²) in [7, 11) is 0. The number of allylic oxidation sites excluding steroid dienone is 1. The van der Waals surface area contributed by atoms with Gasteiger partial charge in [0.25, 0.3) is 0 Å². The predicted octanol–water partition coefficient (Wildman–Crippen LogP) is 5.28. The molecule has 1 unspecified atom stereocenters. The molecular formula is C20H32O3. The van der Waals surface area contributed by atoms with E-state index in [2.05, 4.69) is 0 Å². The molecule has 130 valence electrons. The van der Waals surface area contributed by atoms with E-state index in [1.807, 2.05) is 79.7 Å². The molecule has 23 heavy (non-hydrogen) atoms. The van der Waals surface area contributed by atoms with Crippen molar-refractivity contribution in [2.75, 3.05) is 6.61 Å². The van der Waals surface area contributed by atoms with Crippen LogP contribution in [0, 0.1) is 19.3 Å². The van der Waals surface area contributed by atoms with Crippen LogP contribution in [0.25, 0.3) is 0 Å². The molecule has 3 nitrogen and oxygen atoms in total. The van der Waals surface area contributed by atoms with Gasteiger partial charge in [-0.3, -0.25) is 0 Å². The Bertz CT molecular complexity index is 493. The average molecular weight is 320 g/mol. The van der Waals surface area contributed by atoms with E-state index in [-0.39, 0.29) is 6.10 Å². The molecule has 1 aromatic carbocycles. The molecule has 0 radical (unpaired) electrons. The van der Waals surface area contributed by atoms with E-state index in [0.29, 0.717) is 6.61 Å². The zero-order valence-electron chi connectivity index (χ0n) is 15.9. The van der Waals surface area contributed by atoms with Gasteiger partial charge in [0.05, 0.1) is 5.41 Å². The number of aryl methyl sites for hydroxylation is 2. The Hall–Kier alpha value is -1.77. The van der Waals surface area contributed by atoms with Gasteiger partial charge in [-0.05, 0) is 64.8 Å². The first-order chi connectivity index (χ1) is 10.8. The third-order valence-electron chi connectivity index (χ3n) is 3.66.